The van der Waals surface area contributed by atoms with Gasteiger partial charge in [-0.2, -0.15) is 0 Å². The Bertz CT molecular complexity index is 127. The molecule has 0 aliphatic carbocycles. The summed E-state index contributed by atoms with van der Waals surface area (Å²) in [6.45, 7) is 3.75. The largest absolute Gasteiger partial charge is 0.402 e. The van der Waals surface area contributed by atoms with Crippen molar-refractivity contribution in [2.75, 3.05) is 0 Å². The molecular formula is C7H13NO. The van der Waals surface area contributed by atoms with E-state index in [1.165, 1.54) is 6.08 Å². The zero-order chi connectivity index (χ0) is 7.28. The lowest BCUT2D eigenvalue weighted by Gasteiger charge is -1.91. The number of ketones is 1. The van der Waals surface area contributed by atoms with Gasteiger partial charge >= 0.3 is 0 Å². The molecule has 0 aromatic carbocycles. The van der Waals surface area contributed by atoms with Gasteiger partial charge in [-0.05, 0) is 12.5 Å². The van der Waals surface area contributed by atoms with E-state index in [-0.39, 0.29) is 5.78 Å². The van der Waals surface area contributed by atoms with Crippen LogP contribution in [0.15, 0.2) is 11.8 Å². The highest BCUT2D eigenvalue weighted by Gasteiger charge is 1.91. The van der Waals surface area contributed by atoms with E-state index < -0.39 is 0 Å². The van der Waals surface area contributed by atoms with Gasteiger partial charge in [0.25, 0.3) is 0 Å². The molecule has 0 aliphatic heterocycles. The minimum absolute atomic E-state index is 0.106. The molecule has 0 rings (SSSR count). The zero-order valence-corrected chi connectivity index (χ0v) is 5.98. The number of rotatable bonds is 3. The third kappa shape index (κ3) is 3.76. The molecule has 2 nitrogen and oxygen atoms in total. The Hall–Kier alpha value is -0.790. The summed E-state index contributed by atoms with van der Waals surface area (Å²) in [6.07, 6.45) is 2.80. The summed E-state index contributed by atoms with van der Waals surface area (Å²) in [6, 6.07) is 0. The lowest BCUT2D eigenvalue weighted by Crippen LogP contribution is -1.99. The van der Waals surface area contributed by atoms with Gasteiger partial charge in [0.1, 0.15) is 0 Å². The molecule has 0 atom stereocenters. The van der Waals surface area contributed by atoms with Crippen molar-refractivity contribution in [1.29, 1.82) is 0 Å². The second-order valence-electron chi connectivity index (χ2n) is 1.89. The number of hydrogen-bond acceptors (Lipinski definition) is 2. The number of carbonyl (C=O) groups is 1. The average Bonchev–Trinajstić information content (AvgIpc) is 1.87. The van der Waals surface area contributed by atoms with Gasteiger partial charge in [0.2, 0.25) is 0 Å². The number of hydrogen-bond donors (Lipinski definition) is 1. The van der Waals surface area contributed by atoms with E-state index in [4.69, 9.17) is 5.73 Å². The van der Waals surface area contributed by atoms with Crippen molar-refractivity contribution in [3.05, 3.63) is 11.8 Å². The third-order valence-corrected chi connectivity index (χ3v) is 1.10. The third-order valence-electron chi connectivity index (χ3n) is 1.10. The standard InChI is InChI=1S/C7H13NO/c1-3-6(8)5-7(9)4-2/h5H,3-4,8H2,1-2H3/b6-5-. The van der Waals surface area contributed by atoms with Gasteiger partial charge in [0.15, 0.2) is 5.78 Å². The van der Waals surface area contributed by atoms with Gasteiger partial charge in [-0.3, -0.25) is 4.79 Å². The van der Waals surface area contributed by atoms with Gasteiger partial charge in [0, 0.05) is 12.1 Å². The van der Waals surface area contributed by atoms with Crippen LogP contribution in [-0.2, 0) is 4.79 Å². The smallest absolute Gasteiger partial charge is 0.157 e. The van der Waals surface area contributed by atoms with Gasteiger partial charge in [-0.15, -0.1) is 0 Å². The van der Waals surface area contributed by atoms with E-state index in [2.05, 4.69) is 0 Å². The second-order valence-corrected chi connectivity index (χ2v) is 1.89. The molecule has 52 valence electrons. The molecule has 9 heavy (non-hydrogen) atoms. The molecule has 0 unspecified atom stereocenters. The molecule has 2 N–H and O–H groups in total. The first kappa shape index (κ1) is 8.21. The monoisotopic (exact) mass is 127 g/mol. The molecule has 0 amide bonds. The summed E-state index contributed by atoms with van der Waals surface area (Å²) in [5.74, 6) is 0.106. The van der Waals surface area contributed by atoms with E-state index in [1.54, 1.807) is 0 Å². The van der Waals surface area contributed by atoms with Gasteiger partial charge in [0.05, 0.1) is 0 Å². The quantitative estimate of drug-likeness (QED) is 0.579. The average molecular weight is 127 g/mol. The van der Waals surface area contributed by atoms with Crippen molar-refractivity contribution in [1.82, 2.24) is 0 Å². The number of nitrogens with two attached hydrogens (primary N) is 1. The minimum Gasteiger partial charge on any atom is -0.402 e. The predicted octanol–water partition coefficient (Wildman–Crippen LogP) is 1.22. The highest BCUT2D eigenvalue weighted by Crippen LogP contribution is 1.92. The summed E-state index contributed by atoms with van der Waals surface area (Å²) in [5, 5.41) is 0. The zero-order valence-electron chi connectivity index (χ0n) is 5.98. The fraction of sp³-hybridized carbons (Fsp3) is 0.571. The number of carbonyl (C=O) groups excluding carboxylic acids is 1. The Kier molecular flexibility index (Phi) is 3.76. The Balaban J connectivity index is 3.79. The van der Waals surface area contributed by atoms with E-state index in [0.717, 1.165) is 6.42 Å². The molecule has 0 saturated carbocycles. The van der Waals surface area contributed by atoms with E-state index in [0.29, 0.717) is 12.1 Å². The molecule has 0 saturated heterocycles. The summed E-state index contributed by atoms with van der Waals surface area (Å²) in [4.78, 5) is 10.6. The highest BCUT2D eigenvalue weighted by atomic mass is 16.1. The van der Waals surface area contributed by atoms with Crippen LogP contribution in [0.1, 0.15) is 26.7 Å². The van der Waals surface area contributed by atoms with E-state index >= 15 is 0 Å². The number of allylic oxidation sites excluding steroid dienone is 2. The van der Waals surface area contributed by atoms with Crippen LogP contribution in [0, 0.1) is 0 Å². The lowest BCUT2D eigenvalue weighted by molar-refractivity contribution is -0.114. The van der Waals surface area contributed by atoms with Crippen LogP contribution < -0.4 is 5.73 Å². The first-order chi connectivity index (χ1) is 4.20. The molecule has 2 heteroatoms. The van der Waals surface area contributed by atoms with Crippen LogP contribution >= 0.6 is 0 Å². The fourth-order valence-electron chi connectivity index (χ4n) is 0.411. The molecule has 0 heterocycles. The van der Waals surface area contributed by atoms with E-state index in [9.17, 15) is 4.79 Å². The molecule has 0 aliphatic rings. The Morgan fingerprint density at radius 3 is 2.33 bits per heavy atom. The second kappa shape index (κ2) is 4.13. The molecular weight excluding hydrogens is 114 g/mol. The normalized spacial score (nSPS) is 11.6. The van der Waals surface area contributed by atoms with Crippen molar-refractivity contribution in [2.45, 2.75) is 26.7 Å². The highest BCUT2D eigenvalue weighted by molar-refractivity contribution is 5.89. The van der Waals surface area contributed by atoms with Crippen molar-refractivity contribution in [2.24, 2.45) is 5.73 Å². The van der Waals surface area contributed by atoms with Gasteiger partial charge < -0.3 is 5.73 Å². The first-order valence-corrected chi connectivity index (χ1v) is 3.19. The Morgan fingerprint density at radius 2 is 2.00 bits per heavy atom. The molecule has 0 aromatic heterocycles. The van der Waals surface area contributed by atoms with E-state index in [1.807, 2.05) is 13.8 Å². The SMILES string of the molecule is CCC(=O)/C=C(\N)CC. The summed E-state index contributed by atoms with van der Waals surface area (Å²) >= 11 is 0. The van der Waals surface area contributed by atoms with Crippen LogP contribution in [0.2, 0.25) is 0 Å². The van der Waals surface area contributed by atoms with Crippen molar-refractivity contribution < 1.29 is 4.79 Å². The Labute approximate surface area is 55.7 Å². The topological polar surface area (TPSA) is 43.1 Å². The lowest BCUT2D eigenvalue weighted by atomic mass is 10.2. The summed E-state index contributed by atoms with van der Waals surface area (Å²) in [7, 11) is 0. The van der Waals surface area contributed by atoms with Crippen LogP contribution in [-0.4, -0.2) is 5.78 Å². The van der Waals surface area contributed by atoms with Crippen molar-refractivity contribution in [3.63, 3.8) is 0 Å². The van der Waals surface area contributed by atoms with Gasteiger partial charge in [-0.25, -0.2) is 0 Å². The van der Waals surface area contributed by atoms with Crippen LogP contribution in [0.3, 0.4) is 0 Å². The first-order valence-electron chi connectivity index (χ1n) is 3.19. The maximum Gasteiger partial charge on any atom is 0.157 e. The van der Waals surface area contributed by atoms with Gasteiger partial charge in [-0.1, -0.05) is 13.8 Å². The van der Waals surface area contributed by atoms with Crippen molar-refractivity contribution >= 4 is 5.78 Å². The Morgan fingerprint density at radius 1 is 1.44 bits per heavy atom. The van der Waals surface area contributed by atoms with Crippen LogP contribution in [0.4, 0.5) is 0 Å². The fourth-order valence-corrected chi connectivity index (χ4v) is 0.411. The van der Waals surface area contributed by atoms with Crippen LogP contribution in [0.5, 0.6) is 0 Å². The van der Waals surface area contributed by atoms with Crippen molar-refractivity contribution in [3.8, 4) is 0 Å². The maximum atomic E-state index is 10.6. The molecule has 0 radical (unpaired) electrons. The summed E-state index contributed by atoms with van der Waals surface area (Å²) in [5.41, 5.74) is 6.06. The summed E-state index contributed by atoms with van der Waals surface area (Å²) < 4.78 is 0. The molecule has 0 aromatic rings. The molecule has 0 bridgehead atoms. The molecule has 0 fully saturated rings. The predicted molar refractivity (Wildman–Crippen MR) is 37.9 cm³/mol. The minimum atomic E-state index is 0.106. The molecule has 0 spiro atoms. The van der Waals surface area contributed by atoms with Crippen LogP contribution in [0.25, 0.3) is 0 Å². The maximum absolute atomic E-state index is 10.6.